The van der Waals surface area contributed by atoms with E-state index in [-0.39, 0.29) is 11.2 Å². The smallest absolute Gasteiger partial charge is 0.299 e. The zero-order chi connectivity index (χ0) is 18.0. The summed E-state index contributed by atoms with van der Waals surface area (Å²) in [6.07, 6.45) is 3.27. The van der Waals surface area contributed by atoms with E-state index in [0.29, 0.717) is 12.5 Å². The minimum Gasteiger partial charge on any atom is -0.299 e. The Morgan fingerprint density at radius 2 is 2.08 bits per heavy atom. The van der Waals surface area contributed by atoms with E-state index in [0.717, 1.165) is 10.0 Å². The number of hydrogen-bond donors (Lipinski definition) is 2. The van der Waals surface area contributed by atoms with Gasteiger partial charge in [0, 0.05) is 18.1 Å². The van der Waals surface area contributed by atoms with Crippen molar-refractivity contribution in [3.63, 3.8) is 0 Å². The number of hydrogen-bond acceptors (Lipinski definition) is 5. The first kappa shape index (κ1) is 16.9. The highest BCUT2D eigenvalue weighted by Crippen LogP contribution is 2.15. The molecule has 0 aliphatic carbocycles. The largest absolute Gasteiger partial charge is 0.329 e. The van der Waals surface area contributed by atoms with E-state index in [1.54, 1.807) is 23.9 Å². The number of fused-ring (bicyclic) bond motifs is 1. The molecule has 0 saturated heterocycles. The van der Waals surface area contributed by atoms with Gasteiger partial charge in [0.25, 0.3) is 5.56 Å². The number of nitrogens with one attached hydrogen (secondary N) is 2. The average molecular weight is 403 g/mol. The average Bonchev–Trinajstić information content (AvgIpc) is 2.94. The summed E-state index contributed by atoms with van der Waals surface area (Å²) in [5.74, 6) is 0.343. The van der Waals surface area contributed by atoms with E-state index < -0.39 is 11.2 Å². The van der Waals surface area contributed by atoms with Crippen molar-refractivity contribution in [1.29, 1.82) is 0 Å². The summed E-state index contributed by atoms with van der Waals surface area (Å²) >= 11 is 3.37. The van der Waals surface area contributed by atoms with Gasteiger partial charge in [0.2, 0.25) is 5.95 Å². The minimum atomic E-state index is -0.523. The van der Waals surface area contributed by atoms with E-state index in [2.05, 4.69) is 43.0 Å². The summed E-state index contributed by atoms with van der Waals surface area (Å²) in [5.41, 5.74) is 3.24. The molecule has 25 heavy (non-hydrogen) atoms. The van der Waals surface area contributed by atoms with Crippen LogP contribution in [0.3, 0.4) is 0 Å². The van der Waals surface area contributed by atoms with Crippen molar-refractivity contribution < 1.29 is 0 Å². The maximum absolute atomic E-state index is 12.2. The lowest BCUT2D eigenvalue weighted by atomic mass is 10.2. The maximum atomic E-state index is 12.2. The van der Waals surface area contributed by atoms with Gasteiger partial charge in [0.05, 0.1) is 6.21 Å². The highest BCUT2D eigenvalue weighted by molar-refractivity contribution is 9.10. The van der Waals surface area contributed by atoms with Crippen LogP contribution in [0.1, 0.15) is 5.56 Å². The number of nitrogens with zero attached hydrogens (tertiary/aromatic N) is 4. The van der Waals surface area contributed by atoms with Crippen LogP contribution in [-0.4, -0.2) is 25.3 Å². The molecule has 0 atom stereocenters. The molecule has 3 rings (SSSR count). The summed E-state index contributed by atoms with van der Waals surface area (Å²) in [6.45, 7) is 4.03. The quantitative estimate of drug-likeness (QED) is 0.386. The normalized spacial score (nSPS) is 11.3. The van der Waals surface area contributed by atoms with Crippen molar-refractivity contribution >= 4 is 39.3 Å². The minimum absolute atomic E-state index is 0.275. The number of aryl methyl sites for hydroxylation is 1. The summed E-state index contributed by atoms with van der Waals surface area (Å²) in [4.78, 5) is 30.5. The van der Waals surface area contributed by atoms with Crippen LogP contribution >= 0.6 is 15.9 Å². The Morgan fingerprint density at radius 3 is 2.76 bits per heavy atom. The van der Waals surface area contributed by atoms with Crippen molar-refractivity contribution in [2.75, 3.05) is 5.43 Å². The van der Waals surface area contributed by atoms with Gasteiger partial charge in [-0.2, -0.15) is 10.1 Å². The Hall–Kier alpha value is -2.94. The van der Waals surface area contributed by atoms with Gasteiger partial charge in [-0.3, -0.25) is 18.9 Å². The number of benzene rings is 1. The van der Waals surface area contributed by atoms with Crippen molar-refractivity contribution in [2.45, 2.75) is 6.54 Å². The second kappa shape index (κ2) is 6.89. The van der Waals surface area contributed by atoms with Crippen LogP contribution in [0.2, 0.25) is 0 Å². The van der Waals surface area contributed by atoms with Crippen LogP contribution in [0.4, 0.5) is 5.95 Å². The van der Waals surface area contributed by atoms with Gasteiger partial charge in [-0.1, -0.05) is 34.1 Å². The van der Waals surface area contributed by atoms with Gasteiger partial charge in [-0.25, -0.2) is 10.2 Å². The van der Waals surface area contributed by atoms with Crippen molar-refractivity contribution in [3.8, 4) is 0 Å². The lowest BCUT2D eigenvalue weighted by Gasteiger charge is -2.04. The van der Waals surface area contributed by atoms with Gasteiger partial charge in [-0.15, -0.1) is 6.58 Å². The van der Waals surface area contributed by atoms with E-state index in [4.69, 9.17) is 0 Å². The number of anilines is 1. The molecule has 0 bridgehead atoms. The van der Waals surface area contributed by atoms with Crippen LogP contribution in [0, 0.1) is 0 Å². The molecular weight excluding hydrogens is 388 g/mol. The third kappa shape index (κ3) is 3.31. The fourth-order valence-electron chi connectivity index (χ4n) is 2.34. The molecule has 128 valence electrons. The van der Waals surface area contributed by atoms with Gasteiger partial charge in [0.1, 0.15) is 0 Å². The zero-order valence-electron chi connectivity index (χ0n) is 13.4. The van der Waals surface area contributed by atoms with Crippen LogP contribution in [0.15, 0.2) is 56.1 Å². The topological polar surface area (TPSA) is 97.1 Å². The van der Waals surface area contributed by atoms with E-state index >= 15 is 0 Å². The fraction of sp³-hybridized carbons (Fsp3) is 0.125. The molecule has 1 aromatic carbocycles. The van der Waals surface area contributed by atoms with E-state index in [9.17, 15) is 9.59 Å². The number of aromatic amines is 1. The molecule has 2 N–H and O–H groups in total. The summed E-state index contributed by atoms with van der Waals surface area (Å²) in [5, 5.41) is 4.15. The molecule has 8 nitrogen and oxygen atoms in total. The monoisotopic (exact) mass is 402 g/mol. The lowest BCUT2D eigenvalue weighted by Crippen LogP contribution is -2.29. The first-order chi connectivity index (χ1) is 12.0. The highest BCUT2D eigenvalue weighted by Gasteiger charge is 2.16. The summed E-state index contributed by atoms with van der Waals surface area (Å²) in [6, 6.07) is 7.61. The molecule has 0 aliphatic rings. The molecule has 0 saturated carbocycles. The number of rotatable bonds is 5. The molecule has 9 heteroatoms. The third-order valence-electron chi connectivity index (χ3n) is 3.57. The van der Waals surface area contributed by atoms with Gasteiger partial charge < -0.3 is 0 Å². The van der Waals surface area contributed by atoms with Gasteiger partial charge in [0.15, 0.2) is 11.2 Å². The van der Waals surface area contributed by atoms with Crippen LogP contribution in [0.5, 0.6) is 0 Å². The van der Waals surface area contributed by atoms with Gasteiger partial charge >= 0.3 is 5.69 Å². The van der Waals surface area contributed by atoms with Crippen molar-refractivity contribution in [2.24, 2.45) is 12.1 Å². The number of H-pyrrole nitrogens is 1. The van der Waals surface area contributed by atoms with Crippen molar-refractivity contribution in [1.82, 2.24) is 19.1 Å². The molecule has 0 radical (unpaired) electrons. The molecule has 2 heterocycles. The number of halogens is 1. The summed E-state index contributed by atoms with van der Waals surface area (Å²) < 4.78 is 3.87. The predicted molar refractivity (Wildman–Crippen MR) is 101 cm³/mol. The van der Waals surface area contributed by atoms with Gasteiger partial charge in [-0.05, 0) is 17.7 Å². The Balaban J connectivity index is 2.02. The Kier molecular flexibility index (Phi) is 4.66. The number of allylic oxidation sites excluding steroid dienone is 1. The Bertz CT molecular complexity index is 1070. The Labute approximate surface area is 150 Å². The maximum Gasteiger partial charge on any atom is 0.329 e. The number of hydrazone groups is 1. The van der Waals surface area contributed by atoms with Crippen molar-refractivity contribution in [3.05, 3.63) is 67.8 Å². The molecule has 0 unspecified atom stereocenters. The number of imidazole rings is 1. The SMILES string of the molecule is C=CCn1c(N/N=C\c2ccc(Br)cc2)nc2c1c(=O)[nH]c(=O)n2C. The van der Waals surface area contributed by atoms with Crippen LogP contribution in [0.25, 0.3) is 11.2 Å². The first-order valence-electron chi connectivity index (χ1n) is 7.36. The second-order valence-electron chi connectivity index (χ2n) is 5.25. The molecule has 0 spiro atoms. The molecule has 0 fully saturated rings. The molecule has 0 amide bonds. The molecule has 2 aromatic heterocycles. The second-order valence-corrected chi connectivity index (χ2v) is 6.16. The molecular formula is C16H15BrN6O2. The molecule has 3 aromatic rings. The van der Waals surface area contributed by atoms with E-state index in [1.165, 1.54) is 4.57 Å². The highest BCUT2D eigenvalue weighted by atomic mass is 79.9. The summed E-state index contributed by atoms with van der Waals surface area (Å²) in [7, 11) is 1.54. The zero-order valence-corrected chi connectivity index (χ0v) is 14.9. The molecule has 0 aliphatic heterocycles. The first-order valence-corrected chi connectivity index (χ1v) is 8.15. The van der Waals surface area contributed by atoms with E-state index in [1.807, 2.05) is 24.3 Å². The van der Waals surface area contributed by atoms with Crippen LogP contribution in [-0.2, 0) is 13.6 Å². The standard InChI is InChI=1S/C16H15BrN6O2/c1-3-8-23-12-13(22(2)16(25)20-14(12)24)19-15(23)21-18-9-10-4-6-11(17)7-5-10/h3-7,9H,1,8H2,2H3,(H,19,21)(H,20,24,25)/b18-9-. The predicted octanol–water partition coefficient (Wildman–Crippen LogP) is 1.82. The third-order valence-corrected chi connectivity index (χ3v) is 4.10. The van der Waals surface area contributed by atoms with Crippen LogP contribution < -0.4 is 16.7 Å². The fourth-order valence-corrected chi connectivity index (χ4v) is 2.60. The lowest BCUT2D eigenvalue weighted by molar-refractivity contribution is 0.819. The Morgan fingerprint density at radius 1 is 1.36 bits per heavy atom. The number of aromatic nitrogens is 4.